The van der Waals surface area contributed by atoms with Gasteiger partial charge in [0.2, 0.25) is 11.8 Å². The van der Waals surface area contributed by atoms with E-state index in [0.717, 1.165) is 11.1 Å². The lowest BCUT2D eigenvalue weighted by molar-refractivity contribution is -0.132. The highest BCUT2D eigenvalue weighted by atomic mass is 16.2. The summed E-state index contributed by atoms with van der Waals surface area (Å²) in [6.45, 7) is 2.12. The minimum Gasteiger partial charge on any atom is -0.322 e. The van der Waals surface area contributed by atoms with Crippen LogP contribution in [0.4, 0.5) is 0 Å². The molecule has 0 saturated carbocycles. The van der Waals surface area contributed by atoms with Crippen LogP contribution < -0.4 is 5.32 Å². The van der Waals surface area contributed by atoms with Crippen LogP contribution in [0.2, 0.25) is 0 Å². The van der Waals surface area contributed by atoms with Gasteiger partial charge in [-0.2, -0.15) is 5.26 Å². The molecule has 0 spiro atoms. The molecule has 2 aliphatic rings. The van der Waals surface area contributed by atoms with Gasteiger partial charge in [-0.25, -0.2) is 0 Å². The van der Waals surface area contributed by atoms with Crippen LogP contribution in [0.3, 0.4) is 0 Å². The molecule has 22 heavy (non-hydrogen) atoms. The van der Waals surface area contributed by atoms with E-state index in [1.165, 1.54) is 4.90 Å². The molecule has 3 amide bonds. The normalized spacial score (nSPS) is 21.2. The Morgan fingerprint density at radius 2 is 2.09 bits per heavy atom. The number of nitrogens with zero attached hydrogens (tertiary/aromatic N) is 2. The Labute approximate surface area is 127 Å². The first kappa shape index (κ1) is 14.3. The molecule has 6 nitrogen and oxygen atoms in total. The van der Waals surface area contributed by atoms with Gasteiger partial charge in [-0.05, 0) is 43.0 Å². The molecule has 1 N–H and O–H groups in total. The first-order valence-corrected chi connectivity index (χ1v) is 7.20. The smallest absolute Gasteiger partial charge is 0.255 e. The number of hydrogen-bond donors (Lipinski definition) is 1. The van der Waals surface area contributed by atoms with E-state index < -0.39 is 11.9 Å². The van der Waals surface area contributed by atoms with E-state index in [0.29, 0.717) is 36.9 Å². The fourth-order valence-electron chi connectivity index (χ4n) is 3.10. The molecule has 2 aliphatic heterocycles. The van der Waals surface area contributed by atoms with E-state index in [9.17, 15) is 14.4 Å². The number of nitrogens with one attached hydrogen (secondary N) is 1. The first-order chi connectivity index (χ1) is 10.5. The van der Waals surface area contributed by atoms with Crippen LogP contribution in [-0.4, -0.2) is 28.7 Å². The van der Waals surface area contributed by atoms with E-state index >= 15 is 0 Å². The molecule has 3 rings (SSSR count). The van der Waals surface area contributed by atoms with Crippen molar-refractivity contribution in [3.63, 3.8) is 0 Å². The van der Waals surface area contributed by atoms with E-state index in [4.69, 9.17) is 5.26 Å². The molecular formula is C16H15N3O3. The molecule has 0 aliphatic carbocycles. The predicted molar refractivity (Wildman–Crippen MR) is 76.6 cm³/mol. The average molecular weight is 297 g/mol. The van der Waals surface area contributed by atoms with Crippen molar-refractivity contribution in [3.8, 4) is 6.07 Å². The fraction of sp³-hybridized carbons (Fsp3) is 0.375. The molecule has 1 saturated heterocycles. The Morgan fingerprint density at radius 1 is 1.32 bits per heavy atom. The van der Waals surface area contributed by atoms with Crippen molar-refractivity contribution in [2.45, 2.75) is 38.8 Å². The van der Waals surface area contributed by atoms with Crippen LogP contribution in [0.15, 0.2) is 12.1 Å². The number of rotatable bonds is 1. The number of imide groups is 1. The van der Waals surface area contributed by atoms with Gasteiger partial charge in [0.1, 0.15) is 6.04 Å². The summed E-state index contributed by atoms with van der Waals surface area (Å²) in [4.78, 5) is 37.6. The third-order valence-electron chi connectivity index (χ3n) is 4.36. The second kappa shape index (κ2) is 5.26. The van der Waals surface area contributed by atoms with Crippen molar-refractivity contribution in [2.24, 2.45) is 0 Å². The van der Waals surface area contributed by atoms with Crippen LogP contribution in [0, 0.1) is 18.3 Å². The molecule has 6 heteroatoms. The third kappa shape index (κ3) is 2.15. The highest BCUT2D eigenvalue weighted by molar-refractivity contribution is 6.04. The zero-order valence-corrected chi connectivity index (χ0v) is 12.2. The standard InChI is InChI=1S/C16H15N3O3/c1-9-10(7-17)5-6-11-12(9)8-19(16(11)22)13-3-2-4-14(20)18-15(13)21/h5-6,13H,2-4,8H2,1H3,(H,18,20,21). The van der Waals surface area contributed by atoms with Crippen LogP contribution in [0.1, 0.15) is 46.3 Å². The number of hydrogen-bond acceptors (Lipinski definition) is 4. The summed E-state index contributed by atoms with van der Waals surface area (Å²) in [6.07, 6.45) is 1.35. The van der Waals surface area contributed by atoms with E-state index in [-0.39, 0.29) is 11.8 Å². The van der Waals surface area contributed by atoms with Gasteiger partial charge in [-0.1, -0.05) is 0 Å². The molecule has 1 atom stereocenters. The van der Waals surface area contributed by atoms with Crippen molar-refractivity contribution in [1.82, 2.24) is 10.2 Å². The Bertz CT molecular complexity index is 733. The SMILES string of the molecule is Cc1c(C#N)ccc2c1CN(C1CCCC(=O)NC1=O)C2=O. The third-order valence-corrected chi connectivity index (χ3v) is 4.36. The van der Waals surface area contributed by atoms with Gasteiger partial charge in [-0.3, -0.25) is 19.7 Å². The number of benzene rings is 1. The summed E-state index contributed by atoms with van der Waals surface area (Å²) in [6, 6.07) is 4.75. The molecule has 0 aromatic heterocycles. The number of carbonyl (C=O) groups excluding carboxylic acids is 3. The van der Waals surface area contributed by atoms with Crippen molar-refractivity contribution in [2.75, 3.05) is 0 Å². The van der Waals surface area contributed by atoms with E-state index in [1.54, 1.807) is 12.1 Å². The van der Waals surface area contributed by atoms with Gasteiger partial charge in [-0.15, -0.1) is 0 Å². The van der Waals surface area contributed by atoms with Crippen molar-refractivity contribution < 1.29 is 14.4 Å². The Morgan fingerprint density at radius 3 is 2.82 bits per heavy atom. The monoisotopic (exact) mass is 297 g/mol. The lowest BCUT2D eigenvalue weighted by atomic mass is 9.99. The first-order valence-electron chi connectivity index (χ1n) is 7.20. The summed E-state index contributed by atoms with van der Waals surface area (Å²) < 4.78 is 0. The highest BCUT2D eigenvalue weighted by Crippen LogP contribution is 2.30. The molecule has 0 radical (unpaired) electrons. The lowest BCUT2D eigenvalue weighted by Gasteiger charge is -2.24. The topological polar surface area (TPSA) is 90.3 Å². The van der Waals surface area contributed by atoms with Crippen molar-refractivity contribution in [3.05, 3.63) is 34.4 Å². The van der Waals surface area contributed by atoms with Crippen LogP contribution in [0.5, 0.6) is 0 Å². The Balaban J connectivity index is 1.94. The van der Waals surface area contributed by atoms with Crippen molar-refractivity contribution in [1.29, 1.82) is 5.26 Å². The molecular weight excluding hydrogens is 282 g/mol. The van der Waals surface area contributed by atoms with E-state index in [2.05, 4.69) is 11.4 Å². The van der Waals surface area contributed by atoms with Gasteiger partial charge in [0, 0.05) is 18.5 Å². The Kier molecular flexibility index (Phi) is 3.41. The second-order valence-electron chi connectivity index (χ2n) is 5.63. The number of amides is 3. The summed E-state index contributed by atoms with van der Waals surface area (Å²) in [5, 5.41) is 11.4. The fourth-order valence-corrected chi connectivity index (χ4v) is 3.10. The highest BCUT2D eigenvalue weighted by Gasteiger charge is 2.38. The van der Waals surface area contributed by atoms with Crippen LogP contribution in [0.25, 0.3) is 0 Å². The zero-order valence-electron chi connectivity index (χ0n) is 12.2. The van der Waals surface area contributed by atoms with Crippen LogP contribution in [-0.2, 0) is 16.1 Å². The summed E-state index contributed by atoms with van der Waals surface area (Å²) in [7, 11) is 0. The maximum absolute atomic E-state index is 12.6. The minimum absolute atomic E-state index is 0.211. The zero-order chi connectivity index (χ0) is 15.9. The number of carbonyl (C=O) groups is 3. The quantitative estimate of drug-likeness (QED) is 0.783. The second-order valence-corrected chi connectivity index (χ2v) is 5.63. The van der Waals surface area contributed by atoms with E-state index in [1.807, 2.05) is 6.92 Å². The molecule has 112 valence electrons. The van der Waals surface area contributed by atoms with Crippen molar-refractivity contribution >= 4 is 17.7 Å². The van der Waals surface area contributed by atoms with Gasteiger partial charge in [0.25, 0.3) is 5.91 Å². The number of nitriles is 1. The minimum atomic E-state index is -0.628. The molecule has 1 fully saturated rings. The maximum atomic E-state index is 12.6. The molecule has 1 aromatic rings. The molecule has 0 bridgehead atoms. The molecule has 1 unspecified atom stereocenters. The van der Waals surface area contributed by atoms with Gasteiger partial charge in [0.15, 0.2) is 0 Å². The maximum Gasteiger partial charge on any atom is 0.255 e. The average Bonchev–Trinajstić information content (AvgIpc) is 2.72. The Hall–Kier alpha value is -2.68. The predicted octanol–water partition coefficient (Wildman–Crippen LogP) is 1.02. The summed E-state index contributed by atoms with van der Waals surface area (Å²) in [5.41, 5.74) is 2.65. The summed E-state index contributed by atoms with van der Waals surface area (Å²) >= 11 is 0. The lowest BCUT2D eigenvalue weighted by Crippen LogP contribution is -2.46. The van der Waals surface area contributed by atoms with Gasteiger partial charge < -0.3 is 4.90 Å². The molecule has 1 aromatic carbocycles. The van der Waals surface area contributed by atoms with Gasteiger partial charge in [0.05, 0.1) is 11.6 Å². The molecule has 2 heterocycles. The largest absolute Gasteiger partial charge is 0.322 e. The van der Waals surface area contributed by atoms with Crippen LogP contribution >= 0.6 is 0 Å². The van der Waals surface area contributed by atoms with Gasteiger partial charge >= 0.3 is 0 Å². The number of fused-ring (bicyclic) bond motifs is 1. The summed E-state index contributed by atoms with van der Waals surface area (Å²) in [5.74, 6) is -0.918.